The second kappa shape index (κ2) is 5.32. The molecule has 0 aliphatic carbocycles. The van der Waals surface area contributed by atoms with Gasteiger partial charge in [-0.1, -0.05) is 19.0 Å². The normalized spacial score (nSPS) is 13.5. The smallest absolute Gasteiger partial charge is 0.241 e. The summed E-state index contributed by atoms with van der Waals surface area (Å²) in [6, 6.07) is 0. The van der Waals surface area contributed by atoms with E-state index in [1.165, 1.54) is 0 Å². The summed E-state index contributed by atoms with van der Waals surface area (Å²) < 4.78 is 10.4. The third kappa shape index (κ3) is 3.27. The van der Waals surface area contributed by atoms with Crippen molar-refractivity contribution < 1.29 is 9.26 Å². The summed E-state index contributed by atoms with van der Waals surface area (Å²) in [5.41, 5.74) is 0. The van der Waals surface area contributed by atoms with Crippen LogP contribution in [-0.2, 0) is 10.6 Å². The first-order chi connectivity index (χ1) is 6.63. The standard InChI is InChI=1S/C9H15ClN2O2/c1-6(2)5-13-7(3)9-11-8(4-10)14-12-9/h6-7H,4-5H2,1-3H3/t7-/m0/s1. The first-order valence-electron chi connectivity index (χ1n) is 4.63. The molecule has 1 heterocycles. The quantitative estimate of drug-likeness (QED) is 0.713. The van der Waals surface area contributed by atoms with Gasteiger partial charge in [-0.3, -0.25) is 0 Å². The van der Waals surface area contributed by atoms with E-state index in [1.54, 1.807) is 0 Å². The van der Waals surface area contributed by atoms with E-state index in [2.05, 4.69) is 24.0 Å². The van der Waals surface area contributed by atoms with Crippen molar-refractivity contribution in [2.24, 2.45) is 5.92 Å². The Hall–Kier alpha value is -0.610. The van der Waals surface area contributed by atoms with Crippen molar-refractivity contribution in [3.8, 4) is 0 Å². The maximum absolute atomic E-state index is 5.54. The van der Waals surface area contributed by atoms with Crippen molar-refractivity contribution in [2.45, 2.75) is 32.8 Å². The SMILES string of the molecule is CC(C)CO[C@@H](C)c1noc(CCl)n1. The Bertz CT molecular complexity index is 276. The molecule has 0 amide bonds. The predicted octanol–water partition coefficient (Wildman–Crippen LogP) is 2.54. The van der Waals surface area contributed by atoms with Gasteiger partial charge in [0, 0.05) is 6.61 Å². The lowest BCUT2D eigenvalue weighted by Crippen LogP contribution is -2.07. The number of rotatable bonds is 5. The zero-order valence-corrected chi connectivity index (χ0v) is 9.41. The number of nitrogens with zero attached hydrogens (tertiary/aromatic N) is 2. The lowest BCUT2D eigenvalue weighted by atomic mass is 10.2. The van der Waals surface area contributed by atoms with Gasteiger partial charge in [0.05, 0.1) is 0 Å². The highest BCUT2D eigenvalue weighted by molar-refractivity contribution is 6.16. The van der Waals surface area contributed by atoms with Gasteiger partial charge in [0.25, 0.3) is 0 Å². The van der Waals surface area contributed by atoms with Crippen molar-refractivity contribution in [1.82, 2.24) is 10.1 Å². The number of hydrogen-bond acceptors (Lipinski definition) is 4. The Labute approximate surface area is 88.6 Å². The van der Waals surface area contributed by atoms with Gasteiger partial charge in [-0.25, -0.2) is 0 Å². The van der Waals surface area contributed by atoms with E-state index in [4.69, 9.17) is 20.9 Å². The van der Waals surface area contributed by atoms with E-state index in [1.807, 2.05) is 6.92 Å². The van der Waals surface area contributed by atoms with E-state index in [9.17, 15) is 0 Å². The van der Waals surface area contributed by atoms with Gasteiger partial charge >= 0.3 is 0 Å². The van der Waals surface area contributed by atoms with Crippen LogP contribution in [0.3, 0.4) is 0 Å². The van der Waals surface area contributed by atoms with Crippen LogP contribution in [0.5, 0.6) is 0 Å². The molecule has 5 heteroatoms. The molecule has 0 aliphatic rings. The van der Waals surface area contributed by atoms with Gasteiger partial charge < -0.3 is 9.26 Å². The van der Waals surface area contributed by atoms with Crippen molar-refractivity contribution in [2.75, 3.05) is 6.61 Å². The fraction of sp³-hybridized carbons (Fsp3) is 0.778. The Morgan fingerprint density at radius 1 is 1.43 bits per heavy atom. The van der Waals surface area contributed by atoms with Crippen LogP contribution in [0.4, 0.5) is 0 Å². The molecule has 4 nitrogen and oxygen atoms in total. The van der Waals surface area contributed by atoms with Gasteiger partial charge in [-0.05, 0) is 12.8 Å². The topological polar surface area (TPSA) is 48.2 Å². The molecule has 0 saturated heterocycles. The van der Waals surface area contributed by atoms with E-state index in [-0.39, 0.29) is 12.0 Å². The Morgan fingerprint density at radius 2 is 2.14 bits per heavy atom. The second-order valence-electron chi connectivity index (χ2n) is 3.55. The van der Waals surface area contributed by atoms with Crippen LogP contribution < -0.4 is 0 Å². The van der Waals surface area contributed by atoms with Crippen LogP contribution in [0, 0.1) is 5.92 Å². The average molecular weight is 219 g/mol. The monoisotopic (exact) mass is 218 g/mol. The third-order valence-corrected chi connectivity index (χ3v) is 1.87. The first kappa shape index (κ1) is 11.5. The summed E-state index contributed by atoms with van der Waals surface area (Å²) in [7, 11) is 0. The van der Waals surface area contributed by atoms with Gasteiger partial charge in [0.15, 0.2) is 5.82 Å². The van der Waals surface area contributed by atoms with Crippen LogP contribution >= 0.6 is 11.6 Å². The molecule has 1 aromatic heterocycles. The molecule has 0 spiro atoms. The molecule has 1 aromatic rings. The Morgan fingerprint density at radius 3 is 2.64 bits per heavy atom. The molecular formula is C9H15ClN2O2. The fourth-order valence-electron chi connectivity index (χ4n) is 0.899. The summed E-state index contributed by atoms with van der Waals surface area (Å²) in [6.45, 7) is 6.76. The molecule has 0 N–H and O–H groups in total. The van der Waals surface area contributed by atoms with E-state index >= 15 is 0 Å². The molecule has 1 rings (SSSR count). The molecule has 1 atom stereocenters. The minimum Gasteiger partial charge on any atom is -0.370 e. The van der Waals surface area contributed by atoms with Crippen LogP contribution in [0.15, 0.2) is 4.52 Å². The average Bonchev–Trinajstić information content (AvgIpc) is 2.62. The molecule has 14 heavy (non-hydrogen) atoms. The number of ether oxygens (including phenoxy) is 1. The fourth-order valence-corrected chi connectivity index (χ4v) is 1.01. The molecule has 0 unspecified atom stereocenters. The van der Waals surface area contributed by atoms with Crippen molar-refractivity contribution in [1.29, 1.82) is 0 Å². The van der Waals surface area contributed by atoms with Crippen LogP contribution in [0.25, 0.3) is 0 Å². The van der Waals surface area contributed by atoms with Gasteiger partial charge in [0.1, 0.15) is 12.0 Å². The number of alkyl halides is 1. The van der Waals surface area contributed by atoms with Crippen molar-refractivity contribution >= 4 is 11.6 Å². The summed E-state index contributed by atoms with van der Waals surface area (Å²) >= 11 is 5.54. The molecule has 0 aliphatic heterocycles. The van der Waals surface area contributed by atoms with Gasteiger partial charge in [-0.15, -0.1) is 11.6 Å². The predicted molar refractivity (Wildman–Crippen MR) is 53.1 cm³/mol. The highest BCUT2D eigenvalue weighted by Gasteiger charge is 2.13. The third-order valence-electron chi connectivity index (χ3n) is 1.64. The highest BCUT2D eigenvalue weighted by atomic mass is 35.5. The van der Waals surface area contributed by atoms with Crippen LogP contribution in [-0.4, -0.2) is 16.7 Å². The molecule has 0 fully saturated rings. The summed E-state index contributed by atoms with van der Waals surface area (Å²) in [6.07, 6.45) is -0.141. The van der Waals surface area contributed by atoms with Gasteiger partial charge in [-0.2, -0.15) is 4.98 Å². The van der Waals surface area contributed by atoms with Gasteiger partial charge in [0.2, 0.25) is 5.89 Å². The summed E-state index contributed by atoms with van der Waals surface area (Å²) in [5.74, 6) is 1.73. The Balaban J connectivity index is 2.47. The van der Waals surface area contributed by atoms with Crippen LogP contribution in [0.2, 0.25) is 0 Å². The number of hydrogen-bond donors (Lipinski definition) is 0. The maximum atomic E-state index is 5.54. The lowest BCUT2D eigenvalue weighted by molar-refractivity contribution is 0.0402. The second-order valence-corrected chi connectivity index (χ2v) is 3.82. The molecule has 0 radical (unpaired) electrons. The minimum atomic E-state index is -0.141. The zero-order chi connectivity index (χ0) is 10.6. The van der Waals surface area contributed by atoms with Crippen molar-refractivity contribution in [3.63, 3.8) is 0 Å². The summed E-state index contributed by atoms with van der Waals surface area (Å²) in [4.78, 5) is 4.07. The molecule has 0 aromatic carbocycles. The Kier molecular flexibility index (Phi) is 4.35. The van der Waals surface area contributed by atoms with Crippen LogP contribution in [0.1, 0.15) is 38.6 Å². The molecule has 80 valence electrons. The molecular weight excluding hydrogens is 204 g/mol. The largest absolute Gasteiger partial charge is 0.370 e. The number of aromatic nitrogens is 2. The summed E-state index contributed by atoms with van der Waals surface area (Å²) in [5, 5.41) is 3.77. The molecule has 0 saturated carbocycles. The highest BCUT2D eigenvalue weighted by Crippen LogP contribution is 2.14. The van der Waals surface area contributed by atoms with Crippen molar-refractivity contribution in [3.05, 3.63) is 11.7 Å². The maximum Gasteiger partial charge on any atom is 0.241 e. The zero-order valence-electron chi connectivity index (χ0n) is 8.66. The first-order valence-corrected chi connectivity index (χ1v) is 5.17. The van der Waals surface area contributed by atoms with E-state index in [0.29, 0.717) is 24.2 Å². The lowest BCUT2D eigenvalue weighted by Gasteiger charge is -2.10. The molecule has 0 bridgehead atoms. The number of halogens is 1. The van der Waals surface area contributed by atoms with E-state index in [0.717, 1.165) is 0 Å². The minimum absolute atomic E-state index is 0.141. The van der Waals surface area contributed by atoms with E-state index < -0.39 is 0 Å².